The third-order valence-corrected chi connectivity index (χ3v) is 3.28. The molecule has 1 unspecified atom stereocenters. The fourth-order valence-electron chi connectivity index (χ4n) is 2.02. The molecule has 0 saturated heterocycles. The molecule has 5 nitrogen and oxygen atoms in total. The van der Waals surface area contributed by atoms with Gasteiger partial charge in [-0.05, 0) is 19.9 Å². The zero-order valence-electron chi connectivity index (χ0n) is 11.9. The summed E-state index contributed by atoms with van der Waals surface area (Å²) in [5, 5.41) is 11.2. The predicted molar refractivity (Wildman–Crippen MR) is 73.9 cm³/mol. The van der Waals surface area contributed by atoms with Gasteiger partial charge in [-0.15, -0.1) is 10.2 Å². The van der Waals surface area contributed by atoms with E-state index in [2.05, 4.69) is 15.5 Å². The summed E-state index contributed by atoms with van der Waals surface area (Å²) in [5.74, 6) is 1.08. The Bertz CT molecular complexity index is 570. The fourth-order valence-corrected chi connectivity index (χ4v) is 2.02. The average molecular weight is 278 g/mol. The second-order valence-electron chi connectivity index (χ2n) is 4.52. The number of nitrogens with one attached hydrogen (secondary N) is 1. The normalized spacial score (nSPS) is 12.4. The second-order valence-corrected chi connectivity index (χ2v) is 4.52. The van der Waals surface area contributed by atoms with E-state index in [4.69, 9.17) is 4.74 Å². The molecule has 2 rings (SSSR count). The SMILES string of the molecule is CCn1cnnc1CNC(C)c1ccc(OC)cc1F. The van der Waals surface area contributed by atoms with Crippen molar-refractivity contribution in [3.05, 3.63) is 41.7 Å². The number of nitrogens with zero attached hydrogens (tertiary/aromatic N) is 3. The van der Waals surface area contributed by atoms with Gasteiger partial charge >= 0.3 is 0 Å². The van der Waals surface area contributed by atoms with Crippen LogP contribution in [0.4, 0.5) is 4.39 Å². The maximum absolute atomic E-state index is 13.9. The summed E-state index contributed by atoms with van der Waals surface area (Å²) >= 11 is 0. The number of rotatable bonds is 6. The summed E-state index contributed by atoms with van der Waals surface area (Å²) in [6.07, 6.45) is 1.69. The Hall–Kier alpha value is -1.95. The molecule has 0 saturated carbocycles. The quantitative estimate of drug-likeness (QED) is 0.881. The van der Waals surface area contributed by atoms with Gasteiger partial charge in [0.15, 0.2) is 0 Å². The predicted octanol–water partition coefficient (Wildman–Crippen LogP) is 2.30. The molecule has 0 spiro atoms. The van der Waals surface area contributed by atoms with Gasteiger partial charge in [0.2, 0.25) is 0 Å². The van der Waals surface area contributed by atoms with E-state index >= 15 is 0 Å². The minimum absolute atomic E-state index is 0.122. The van der Waals surface area contributed by atoms with Crippen molar-refractivity contribution in [1.82, 2.24) is 20.1 Å². The topological polar surface area (TPSA) is 52.0 Å². The Balaban J connectivity index is 2.03. The highest BCUT2D eigenvalue weighted by Crippen LogP contribution is 2.21. The molecule has 20 heavy (non-hydrogen) atoms. The van der Waals surface area contributed by atoms with Crippen LogP contribution in [-0.4, -0.2) is 21.9 Å². The summed E-state index contributed by atoms with van der Waals surface area (Å²) in [7, 11) is 1.52. The van der Waals surface area contributed by atoms with E-state index in [-0.39, 0.29) is 11.9 Å². The molecule has 1 aromatic heterocycles. The van der Waals surface area contributed by atoms with Crippen LogP contribution in [0.2, 0.25) is 0 Å². The highest BCUT2D eigenvalue weighted by molar-refractivity contribution is 5.30. The number of aromatic nitrogens is 3. The summed E-state index contributed by atoms with van der Waals surface area (Å²) in [6.45, 7) is 5.30. The number of hydrogen-bond donors (Lipinski definition) is 1. The van der Waals surface area contributed by atoms with E-state index in [1.165, 1.54) is 13.2 Å². The van der Waals surface area contributed by atoms with Gasteiger partial charge in [0.25, 0.3) is 0 Å². The van der Waals surface area contributed by atoms with E-state index in [1.54, 1.807) is 18.5 Å². The average Bonchev–Trinajstić information content (AvgIpc) is 2.92. The largest absolute Gasteiger partial charge is 0.497 e. The molecule has 0 fully saturated rings. The Morgan fingerprint density at radius 1 is 1.45 bits per heavy atom. The van der Waals surface area contributed by atoms with Crippen molar-refractivity contribution in [3.8, 4) is 5.75 Å². The molecule has 6 heteroatoms. The van der Waals surface area contributed by atoms with Crippen molar-refractivity contribution in [2.24, 2.45) is 0 Å². The lowest BCUT2D eigenvalue weighted by molar-refractivity contribution is 0.409. The van der Waals surface area contributed by atoms with Gasteiger partial charge in [0.1, 0.15) is 23.7 Å². The van der Waals surface area contributed by atoms with Crippen molar-refractivity contribution in [3.63, 3.8) is 0 Å². The summed E-state index contributed by atoms with van der Waals surface area (Å²) in [4.78, 5) is 0. The van der Waals surface area contributed by atoms with Crippen LogP contribution in [-0.2, 0) is 13.1 Å². The number of ether oxygens (including phenoxy) is 1. The first kappa shape index (κ1) is 14.5. The van der Waals surface area contributed by atoms with Crippen LogP contribution in [0.5, 0.6) is 5.75 Å². The summed E-state index contributed by atoms with van der Waals surface area (Å²) in [5.41, 5.74) is 0.605. The van der Waals surface area contributed by atoms with Gasteiger partial charge in [-0.25, -0.2) is 4.39 Å². The van der Waals surface area contributed by atoms with Crippen LogP contribution >= 0.6 is 0 Å². The molecule has 0 aliphatic heterocycles. The molecule has 0 bridgehead atoms. The Kier molecular flexibility index (Phi) is 4.68. The highest BCUT2D eigenvalue weighted by Gasteiger charge is 2.12. The molecule has 0 aliphatic carbocycles. The minimum Gasteiger partial charge on any atom is -0.497 e. The molecule has 1 atom stereocenters. The lowest BCUT2D eigenvalue weighted by atomic mass is 10.1. The van der Waals surface area contributed by atoms with E-state index in [9.17, 15) is 4.39 Å². The van der Waals surface area contributed by atoms with Gasteiger partial charge in [-0.3, -0.25) is 0 Å². The molecular formula is C14H19FN4O. The second kappa shape index (κ2) is 6.47. The smallest absolute Gasteiger partial charge is 0.146 e. The van der Waals surface area contributed by atoms with E-state index in [0.29, 0.717) is 17.9 Å². The molecule has 0 radical (unpaired) electrons. The lowest BCUT2D eigenvalue weighted by Gasteiger charge is -2.15. The van der Waals surface area contributed by atoms with E-state index in [0.717, 1.165) is 12.4 Å². The van der Waals surface area contributed by atoms with Crippen molar-refractivity contribution in [2.45, 2.75) is 33.0 Å². The zero-order valence-corrected chi connectivity index (χ0v) is 11.9. The standard InChI is InChI=1S/C14H19FN4O/c1-4-19-9-17-18-14(19)8-16-10(2)12-6-5-11(20-3)7-13(12)15/h5-7,9-10,16H,4,8H2,1-3H3. The van der Waals surface area contributed by atoms with Gasteiger partial charge in [0.05, 0.1) is 13.7 Å². The molecule has 108 valence electrons. The third kappa shape index (κ3) is 3.14. The maximum Gasteiger partial charge on any atom is 0.146 e. The van der Waals surface area contributed by atoms with Crippen LogP contribution in [0.3, 0.4) is 0 Å². The summed E-state index contributed by atoms with van der Waals surface area (Å²) < 4.78 is 20.9. The van der Waals surface area contributed by atoms with Crippen LogP contribution in [0.15, 0.2) is 24.5 Å². The molecule has 2 aromatic rings. The number of halogens is 1. The van der Waals surface area contributed by atoms with Gasteiger partial charge < -0.3 is 14.6 Å². The first-order valence-electron chi connectivity index (χ1n) is 6.59. The van der Waals surface area contributed by atoms with E-state index < -0.39 is 0 Å². The van der Waals surface area contributed by atoms with Crippen LogP contribution in [0, 0.1) is 5.82 Å². The van der Waals surface area contributed by atoms with Gasteiger partial charge in [0, 0.05) is 24.2 Å². The zero-order chi connectivity index (χ0) is 14.5. The summed E-state index contributed by atoms with van der Waals surface area (Å²) in [6, 6.07) is 4.76. The van der Waals surface area contributed by atoms with Gasteiger partial charge in [-0.2, -0.15) is 0 Å². The van der Waals surface area contributed by atoms with Crippen LogP contribution < -0.4 is 10.1 Å². The molecule has 1 N–H and O–H groups in total. The van der Waals surface area contributed by atoms with Crippen molar-refractivity contribution < 1.29 is 9.13 Å². The molecule has 1 heterocycles. The van der Waals surface area contributed by atoms with Crippen LogP contribution in [0.1, 0.15) is 31.3 Å². The lowest BCUT2D eigenvalue weighted by Crippen LogP contribution is -2.21. The highest BCUT2D eigenvalue weighted by atomic mass is 19.1. The fraction of sp³-hybridized carbons (Fsp3) is 0.429. The van der Waals surface area contributed by atoms with Crippen molar-refractivity contribution >= 4 is 0 Å². The third-order valence-electron chi connectivity index (χ3n) is 3.28. The first-order valence-corrected chi connectivity index (χ1v) is 6.59. The molecule has 0 amide bonds. The minimum atomic E-state index is -0.277. The Morgan fingerprint density at radius 3 is 2.90 bits per heavy atom. The molecule has 1 aromatic carbocycles. The van der Waals surface area contributed by atoms with Crippen molar-refractivity contribution in [2.75, 3.05) is 7.11 Å². The van der Waals surface area contributed by atoms with Crippen LogP contribution in [0.25, 0.3) is 0 Å². The van der Waals surface area contributed by atoms with Gasteiger partial charge in [-0.1, -0.05) is 6.07 Å². The Morgan fingerprint density at radius 2 is 2.25 bits per heavy atom. The monoisotopic (exact) mass is 278 g/mol. The number of methoxy groups -OCH3 is 1. The number of benzene rings is 1. The first-order chi connectivity index (χ1) is 9.65. The molecule has 0 aliphatic rings. The maximum atomic E-state index is 13.9. The number of hydrogen-bond acceptors (Lipinski definition) is 4. The number of aryl methyl sites for hydroxylation is 1. The van der Waals surface area contributed by atoms with Crippen molar-refractivity contribution in [1.29, 1.82) is 0 Å². The molecular weight excluding hydrogens is 259 g/mol. The van der Waals surface area contributed by atoms with E-state index in [1.807, 2.05) is 18.4 Å². The Labute approximate surface area is 117 Å².